The van der Waals surface area contributed by atoms with Gasteiger partial charge in [-0.25, -0.2) is 4.79 Å². The molecule has 1 N–H and O–H groups in total. The first kappa shape index (κ1) is 15.0. The van der Waals surface area contributed by atoms with Gasteiger partial charge in [0.15, 0.2) is 11.5 Å². The van der Waals surface area contributed by atoms with E-state index in [1.807, 2.05) is 0 Å². The predicted molar refractivity (Wildman–Crippen MR) is 90.9 cm³/mol. The number of aromatic amines is 1. The largest absolute Gasteiger partial charge is 0.493 e. The van der Waals surface area contributed by atoms with E-state index in [0.29, 0.717) is 33.7 Å². The highest BCUT2D eigenvalue weighted by atomic mass is 16.7. The minimum Gasteiger partial charge on any atom is -0.493 e. The number of benzene rings is 2. The van der Waals surface area contributed by atoms with Crippen LogP contribution < -0.4 is 25.5 Å². The third-order valence-corrected chi connectivity index (χ3v) is 3.79. The molecule has 0 amide bonds. The molecule has 1 aromatic heterocycles. The van der Waals surface area contributed by atoms with Crippen molar-refractivity contribution in [2.75, 3.05) is 13.9 Å². The third kappa shape index (κ3) is 2.53. The highest BCUT2D eigenvalue weighted by molar-refractivity contribution is 5.83. The SMILES string of the molecule is COc1cc(C=Nn2c(=O)[nH]c3ccccc3c2=O)cc2c1OCO2. The lowest BCUT2D eigenvalue weighted by atomic mass is 10.2. The molecule has 126 valence electrons. The van der Waals surface area contributed by atoms with E-state index in [2.05, 4.69) is 10.1 Å². The number of methoxy groups -OCH3 is 1. The second-order valence-electron chi connectivity index (χ2n) is 5.29. The Balaban J connectivity index is 1.80. The highest BCUT2D eigenvalue weighted by Crippen LogP contribution is 2.41. The summed E-state index contributed by atoms with van der Waals surface area (Å²) in [6.07, 6.45) is 1.38. The number of hydrogen-bond acceptors (Lipinski definition) is 6. The first-order chi connectivity index (χ1) is 12.2. The maximum atomic E-state index is 12.4. The molecule has 0 spiro atoms. The van der Waals surface area contributed by atoms with E-state index in [4.69, 9.17) is 14.2 Å². The van der Waals surface area contributed by atoms with Gasteiger partial charge in [-0.05, 0) is 24.3 Å². The number of rotatable bonds is 3. The first-order valence-corrected chi connectivity index (χ1v) is 7.43. The number of nitrogens with zero attached hydrogens (tertiary/aromatic N) is 2. The molecular formula is C17H13N3O5. The number of fused-ring (bicyclic) bond motifs is 2. The van der Waals surface area contributed by atoms with Crippen LogP contribution >= 0.6 is 0 Å². The van der Waals surface area contributed by atoms with Crippen LogP contribution in [0.15, 0.2) is 51.1 Å². The van der Waals surface area contributed by atoms with Gasteiger partial charge in [0.1, 0.15) is 0 Å². The van der Waals surface area contributed by atoms with Crippen LogP contribution in [0.5, 0.6) is 17.2 Å². The second-order valence-corrected chi connectivity index (χ2v) is 5.29. The van der Waals surface area contributed by atoms with E-state index in [9.17, 15) is 9.59 Å². The zero-order chi connectivity index (χ0) is 17.4. The van der Waals surface area contributed by atoms with Gasteiger partial charge >= 0.3 is 5.69 Å². The van der Waals surface area contributed by atoms with E-state index in [-0.39, 0.29) is 6.79 Å². The van der Waals surface area contributed by atoms with Crippen LogP contribution in [0.2, 0.25) is 0 Å². The van der Waals surface area contributed by atoms with Gasteiger partial charge in [-0.3, -0.25) is 4.79 Å². The van der Waals surface area contributed by atoms with E-state index in [1.54, 1.807) is 36.4 Å². The van der Waals surface area contributed by atoms with Crippen molar-refractivity contribution in [2.24, 2.45) is 5.10 Å². The van der Waals surface area contributed by atoms with Crippen LogP contribution in [0.1, 0.15) is 5.56 Å². The van der Waals surface area contributed by atoms with E-state index < -0.39 is 11.2 Å². The monoisotopic (exact) mass is 339 g/mol. The van der Waals surface area contributed by atoms with Crippen molar-refractivity contribution in [3.8, 4) is 17.2 Å². The first-order valence-electron chi connectivity index (χ1n) is 7.43. The summed E-state index contributed by atoms with van der Waals surface area (Å²) < 4.78 is 16.7. The van der Waals surface area contributed by atoms with Gasteiger partial charge in [0, 0.05) is 5.56 Å². The molecule has 0 bridgehead atoms. The van der Waals surface area contributed by atoms with Crippen molar-refractivity contribution < 1.29 is 14.2 Å². The zero-order valence-electron chi connectivity index (χ0n) is 13.2. The molecule has 0 saturated heterocycles. The average molecular weight is 339 g/mol. The smallest absolute Gasteiger partial charge is 0.349 e. The molecule has 1 aliphatic rings. The number of H-pyrrole nitrogens is 1. The van der Waals surface area contributed by atoms with Crippen LogP contribution in [-0.4, -0.2) is 29.8 Å². The summed E-state index contributed by atoms with van der Waals surface area (Å²) in [6.45, 7) is 0.107. The summed E-state index contributed by atoms with van der Waals surface area (Å²) in [5, 5.41) is 4.39. The zero-order valence-corrected chi connectivity index (χ0v) is 13.2. The number of hydrogen-bond donors (Lipinski definition) is 1. The van der Waals surface area contributed by atoms with Crippen molar-refractivity contribution >= 4 is 17.1 Å². The Bertz CT molecular complexity index is 1110. The Hall–Kier alpha value is -3.55. The summed E-state index contributed by atoms with van der Waals surface area (Å²) in [6, 6.07) is 10.1. The number of ether oxygens (including phenoxy) is 3. The summed E-state index contributed by atoms with van der Waals surface area (Å²) in [5.74, 6) is 1.51. The van der Waals surface area contributed by atoms with Gasteiger partial charge in [-0.2, -0.15) is 5.10 Å². The van der Waals surface area contributed by atoms with Gasteiger partial charge in [0.25, 0.3) is 5.56 Å². The molecule has 0 radical (unpaired) electrons. The van der Waals surface area contributed by atoms with Crippen LogP contribution in [0.3, 0.4) is 0 Å². The van der Waals surface area contributed by atoms with Crippen LogP contribution in [-0.2, 0) is 0 Å². The molecule has 0 saturated carbocycles. The standard InChI is InChI=1S/C17H13N3O5/c1-23-13-6-10(7-14-15(13)25-9-24-14)8-18-20-16(21)11-4-2-3-5-12(11)19-17(20)22/h2-8H,9H2,1H3,(H,19,22). The topological polar surface area (TPSA) is 94.9 Å². The van der Waals surface area contributed by atoms with E-state index in [1.165, 1.54) is 13.3 Å². The molecule has 0 unspecified atom stereocenters. The Morgan fingerprint density at radius 2 is 2.08 bits per heavy atom. The minimum atomic E-state index is -0.618. The molecule has 8 heteroatoms. The Kier molecular flexibility index (Phi) is 3.50. The average Bonchev–Trinajstić information content (AvgIpc) is 3.09. The molecule has 3 aromatic rings. The van der Waals surface area contributed by atoms with Crippen LogP contribution in [0, 0.1) is 0 Å². The summed E-state index contributed by atoms with van der Waals surface area (Å²) >= 11 is 0. The van der Waals surface area contributed by atoms with Gasteiger partial charge < -0.3 is 19.2 Å². The lowest BCUT2D eigenvalue weighted by molar-refractivity contribution is 0.171. The van der Waals surface area contributed by atoms with Crippen LogP contribution in [0.4, 0.5) is 0 Å². The van der Waals surface area contributed by atoms with Crippen molar-refractivity contribution in [3.05, 3.63) is 62.8 Å². The molecule has 2 aromatic carbocycles. The quantitative estimate of drug-likeness (QED) is 0.726. The van der Waals surface area contributed by atoms with Crippen molar-refractivity contribution in [1.29, 1.82) is 0 Å². The molecular weight excluding hydrogens is 326 g/mol. The molecule has 8 nitrogen and oxygen atoms in total. The summed E-state index contributed by atoms with van der Waals surface area (Å²) in [4.78, 5) is 27.2. The van der Waals surface area contributed by atoms with Crippen LogP contribution in [0.25, 0.3) is 10.9 Å². The molecule has 25 heavy (non-hydrogen) atoms. The van der Waals surface area contributed by atoms with Gasteiger partial charge in [0.2, 0.25) is 12.5 Å². The van der Waals surface area contributed by atoms with Crippen molar-refractivity contribution in [2.45, 2.75) is 0 Å². The maximum absolute atomic E-state index is 12.4. The van der Waals surface area contributed by atoms with Crippen molar-refractivity contribution in [1.82, 2.24) is 9.66 Å². The summed E-state index contributed by atoms with van der Waals surface area (Å²) in [7, 11) is 1.51. The summed E-state index contributed by atoms with van der Waals surface area (Å²) in [5.41, 5.74) is -0.0507. The molecule has 1 aliphatic heterocycles. The Morgan fingerprint density at radius 1 is 1.24 bits per heavy atom. The Morgan fingerprint density at radius 3 is 2.92 bits per heavy atom. The lowest BCUT2D eigenvalue weighted by Crippen LogP contribution is -2.32. The second kappa shape index (κ2) is 5.82. The molecule has 0 atom stereocenters. The minimum absolute atomic E-state index is 0.107. The van der Waals surface area contributed by atoms with Gasteiger partial charge in [-0.1, -0.05) is 12.1 Å². The molecule has 4 rings (SSSR count). The fourth-order valence-electron chi connectivity index (χ4n) is 2.61. The maximum Gasteiger partial charge on any atom is 0.349 e. The predicted octanol–water partition coefficient (Wildman–Crippen LogP) is 1.31. The lowest BCUT2D eigenvalue weighted by Gasteiger charge is -2.05. The number of aromatic nitrogens is 2. The van der Waals surface area contributed by atoms with Gasteiger partial charge in [-0.15, -0.1) is 4.68 Å². The van der Waals surface area contributed by atoms with E-state index in [0.717, 1.165) is 4.68 Å². The fourth-order valence-corrected chi connectivity index (χ4v) is 2.61. The third-order valence-electron chi connectivity index (χ3n) is 3.79. The Labute approximate surface area is 140 Å². The molecule has 0 aliphatic carbocycles. The number of para-hydroxylation sites is 1. The van der Waals surface area contributed by atoms with Crippen molar-refractivity contribution in [3.63, 3.8) is 0 Å². The highest BCUT2D eigenvalue weighted by Gasteiger charge is 2.19. The van der Waals surface area contributed by atoms with E-state index >= 15 is 0 Å². The normalized spacial score (nSPS) is 12.8. The molecule has 0 fully saturated rings. The molecule has 2 heterocycles. The fraction of sp³-hybridized carbons (Fsp3) is 0.118. The van der Waals surface area contributed by atoms with Gasteiger partial charge in [0.05, 0.1) is 24.2 Å². The number of nitrogens with one attached hydrogen (secondary N) is 1.